The van der Waals surface area contributed by atoms with Crippen LogP contribution in [-0.2, 0) is 4.74 Å². The first-order chi connectivity index (χ1) is 7.72. The zero-order valence-electron chi connectivity index (χ0n) is 10.9. The Hall–Kier alpha value is -0.0800. The van der Waals surface area contributed by atoms with Gasteiger partial charge in [-0.3, -0.25) is 0 Å². The summed E-state index contributed by atoms with van der Waals surface area (Å²) in [5, 5.41) is 3.54. The lowest BCUT2D eigenvalue weighted by Gasteiger charge is -2.40. The molecule has 0 aromatic heterocycles. The van der Waals surface area contributed by atoms with Crippen LogP contribution in [0.2, 0.25) is 0 Å². The van der Waals surface area contributed by atoms with E-state index >= 15 is 0 Å². The first kappa shape index (κ1) is 12.4. The predicted octanol–water partition coefficient (Wildman–Crippen LogP) is 3.11. The highest BCUT2D eigenvalue weighted by Gasteiger charge is 2.32. The number of morpholine rings is 1. The topological polar surface area (TPSA) is 21.3 Å². The lowest BCUT2D eigenvalue weighted by atomic mass is 9.85. The quantitative estimate of drug-likeness (QED) is 0.797. The molecule has 1 saturated carbocycles. The molecule has 0 spiro atoms. The Kier molecular flexibility index (Phi) is 4.26. The van der Waals surface area contributed by atoms with Gasteiger partial charge < -0.3 is 10.1 Å². The van der Waals surface area contributed by atoms with Crippen molar-refractivity contribution in [1.29, 1.82) is 0 Å². The molecular weight excluding hydrogens is 198 g/mol. The van der Waals surface area contributed by atoms with Crippen LogP contribution in [0.1, 0.15) is 58.8 Å². The smallest absolute Gasteiger partial charge is 0.0780 e. The minimum atomic E-state index is 0.0809. The summed E-state index contributed by atoms with van der Waals surface area (Å²) in [5.41, 5.74) is 0.0809. The van der Waals surface area contributed by atoms with E-state index in [0.717, 1.165) is 25.4 Å². The molecule has 1 aliphatic heterocycles. The largest absolute Gasteiger partial charge is 0.369 e. The fraction of sp³-hybridized carbons (Fsp3) is 1.00. The van der Waals surface area contributed by atoms with Crippen molar-refractivity contribution >= 4 is 0 Å². The molecule has 0 amide bonds. The maximum Gasteiger partial charge on any atom is 0.0780 e. The van der Waals surface area contributed by atoms with Gasteiger partial charge in [0.1, 0.15) is 0 Å². The molecule has 1 aliphatic carbocycles. The van der Waals surface area contributed by atoms with E-state index in [1.807, 2.05) is 0 Å². The molecule has 2 heteroatoms. The second-order valence-corrected chi connectivity index (χ2v) is 5.91. The summed E-state index contributed by atoms with van der Waals surface area (Å²) in [4.78, 5) is 0. The maximum absolute atomic E-state index is 6.26. The molecule has 1 N–H and O–H groups in total. The molecule has 0 radical (unpaired) electrons. The van der Waals surface area contributed by atoms with Crippen LogP contribution < -0.4 is 5.32 Å². The van der Waals surface area contributed by atoms with Crippen molar-refractivity contribution in [2.24, 2.45) is 5.92 Å². The molecule has 2 rings (SSSR count). The third-order valence-corrected chi connectivity index (χ3v) is 4.39. The fourth-order valence-corrected chi connectivity index (χ4v) is 3.12. The van der Waals surface area contributed by atoms with Gasteiger partial charge in [0.15, 0.2) is 0 Å². The lowest BCUT2D eigenvalue weighted by Crippen LogP contribution is -2.52. The number of nitrogens with one attached hydrogen (secondary N) is 1. The summed E-state index contributed by atoms with van der Waals surface area (Å²) >= 11 is 0. The molecule has 16 heavy (non-hydrogen) atoms. The van der Waals surface area contributed by atoms with E-state index in [1.54, 1.807) is 0 Å². The Morgan fingerprint density at radius 2 is 2.00 bits per heavy atom. The van der Waals surface area contributed by atoms with Crippen molar-refractivity contribution in [2.45, 2.75) is 70.5 Å². The Labute approximate surface area is 100 Å². The van der Waals surface area contributed by atoms with Gasteiger partial charge in [-0.2, -0.15) is 0 Å². The van der Waals surface area contributed by atoms with Gasteiger partial charge >= 0.3 is 0 Å². The average molecular weight is 225 g/mol. The first-order valence-corrected chi connectivity index (χ1v) is 7.10. The van der Waals surface area contributed by atoms with Crippen LogP contribution in [0.25, 0.3) is 0 Å². The van der Waals surface area contributed by atoms with Crippen LogP contribution in [0.15, 0.2) is 0 Å². The van der Waals surface area contributed by atoms with Crippen molar-refractivity contribution in [1.82, 2.24) is 5.32 Å². The highest BCUT2D eigenvalue weighted by molar-refractivity contribution is 4.85. The molecule has 2 aliphatic rings. The summed E-state index contributed by atoms with van der Waals surface area (Å²) in [6, 6.07) is 0. The zero-order valence-corrected chi connectivity index (χ0v) is 10.9. The first-order valence-electron chi connectivity index (χ1n) is 7.10. The molecule has 0 aromatic rings. The summed E-state index contributed by atoms with van der Waals surface area (Å²) in [6.45, 7) is 6.55. The van der Waals surface area contributed by atoms with Crippen molar-refractivity contribution in [2.75, 3.05) is 13.1 Å². The van der Waals surface area contributed by atoms with Gasteiger partial charge in [-0.15, -0.1) is 0 Å². The average Bonchev–Trinajstić information content (AvgIpc) is 2.30. The lowest BCUT2D eigenvalue weighted by molar-refractivity contribution is -0.115. The SMILES string of the molecule is CCC1(C)CNCC(CC2CCCCC2)O1. The molecule has 1 saturated heterocycles. The van der Waals surface area contributed by atoms with Gasteiger partial charge in [-0.1, -0.05) is 39.0 Å². The summed E-state index contributed by atoms with van der Waals surface area (Å²) in [7, 11) is 0. The van der Waals surface area contributed by atoms with Gasteiger partial charge in [-0.25, -0.2) is 0 Å². The third-order valence-electron chi connectivity index (χ3n) is 4.39. The van der Waals surface area contributed by atoms with Crippen molar-refractivity contribution in [3.05, 3.63) is 0 Å². The molecule has 0 bridgehead atoms. The number of ether oxygens (including phenoxy) is 1. The van der Waals surface area contributed by atoms with Gasteiger partial charge in [0.25, 0.3) is 0 Å². The Bertz CT molecular complexity index is 213. The number of hydrogen-bond donors (Lipinski definition) is 1. The van der Waals surface area contributed by atoms with E-state index in [2.05, 4.69) is 19.2 Å². The molecule has 94 valence electrons. The Morgan fingerprint density at radius 1 is 1.25 bits per heavy atom. The van der Waals surface area contributed by atoms with Crippen LogP contribution in [-0.4, -0.2) is 24.8 Å². The van der Waals surface area contributed by atoms with E-state index in [0.29, 0.717) is 6.10 Å². The number of hydrogen-bond acceptors (Lipinski definition) is 2. The van der Waals surface area contributed by atoms with Crippen molar-refractivity contribution < 1.29 is 4.74 Å². The van der Waals surface area contributed by atoms with E-state index in [4.69, 9.17) is 4.74 Å². The van der Waals surface area contributed by atoms with Crippen LogP contribution in [0, 0.1) is 5.92 Å². The normalized spacial score (nSPS) is 37.5. The Balaban J connectivity index is 1.80. The highest BCUT2D eigenvalue weighted by Crippen LogP contribution is 2.30. The molecule has 1 heterocycles. The standard InChI is InChI=1S/C14H27NO/c1-3-14(2)11-15-10-13(16-14)9-12-7-5-4-6-8-12/h12-13,15H,3-11H2,1-2H3. The fourth-order valence-electron chi connectivity index (χ4n) is 3.12. The second kappa shape index (κ2) is 5.50. The monoisotopic (exact) mass is 225 g/mol. The maximum atomic E-state index is 6.26. The summed E-state index contributed by atoms with van der Waals surface area (Å²) in [5.74, 6) is 0.930. The molecule has 0 aromatic carbocycles. The van der Waals surface area contributed by atoms with Gasteiger partial charge in [-0.05, 0) is 25.7 Å². The zero-order chi connectivity index (χ0) is 11.4. The molecular formula is C14H27NO. The molecule has 2 nitrogen and oxygen atoms in total. The van der Waals surface area contributed by atoms with E-state index in [9.17, 15) is 0 Å². The predicted molar refractivity (Wildman–Crippen MR) is 67.6 cm³/mol. The van der Waals surface area contributed by atoms with Crippen LogP contribution in [0.3, 0.4) is 0 Å². The molecule has 2 unspecified atom stereocenters. The Morgan fingerprint density at radius 3 is 2.69 bits per heavy atom. The van der Waals surface area contributed by atoms with Crippen molar-refractivity contribution in [3.8, 4) is 0 Å². The second-order valence-electron chi connectivity index (χ2n) is 5.91. The van der Waals surface area contributed by atoms with Crippen LogP contribution >= 0.6 is 0 Å². The number of rotatable bonds is 3. The van der Waals surface area contributed by atoms with Crippen LogP contribution in [0.4, 0.5) is 0 Å². The van der Waals surface area contributed by atoms with Gasteiger partial charge in [0.2, 0.25) is 0 Å². The minimum absolute atomic E-state index is 0.0809. The highest BCUT2D eigenvalue weighted by atomic mass is 16.5. The van der Waals surface area contributed by atoms with Gasteiger partial charge in [0.05, 0.1) is 11.7 Å². The third kappa shape index (κ3) is 3.21. The van der Waals surface area contributed by atoms with Crippen LogP contribution in [0.5, 0.6) is 0 Å². The molecule has 2 fully saturated rings. The molecule has 2 atom stereocenters. The van der Waals surface area contributed by atoms with Crippen molar-refractivity contribution in [3.63, 3.8) is 0 Å². The van der Waals surface area contributed by atoms with E-state index in [1.165, 1.54) is 38.5 Å². The van der Waals surface area contributed by atoms with Gasteiger partial charge in [0, 0.05) is 13.1 Å². The summed E-state index contributed by atoms with van der Waals surface area (Å²) in [6.07, 6.45) is 10.1. The summed E-state index contributed by atoms with van der Waals surface area (Å²) < 4.78 is 6.26. The van der Waals surface area contributed by atoms with E-state index in [-0.39, 0.29) is 5.60 Å². The van der Waals surface area contributed by atoms with E-state index < -0.39 is 0 Å². The minimum Gasteiger partial charge on any atom is -0.369 e.